The molecule has 2 unspecified atom stereocenters. The van der Waals surface area contributed by atoms with Gasteiger partial charge in [0.25, 0.3) is 0 Å². The Morgan fingerprint density at radius 2 is 1.94 bits per heavy atom. The van der Waals surface area contributed by atoms with Crippen molar-refractivity contribution < 1.29 is 9.53 Å². The van der Waals surface area contributed by atoms with E-state index in [0.717, 1.165) is 25.8 Å². The molecule has 4 heteroatoms. The fraction of sp³-hybridized carbons (Fsp3) is 0.923. The summed E-state index contributed by atoms with van der Waals surface area (Å²) in [4.78, 5) is 11.6. The lowest BCUT2D eigenvalue weighted by atomic mass is 9.91. The van der Waals surface area contributed by atoms with Gasteiger partial charge in [0, 0.05) is 12.1 Å². The molecule has 0 bridgehead atoms. The Labute approximate surface area is 104 Å². The van der Waals surface area contributed by atoms with Gasteiger partial charge in [0.2, 0.25) is 0 Å². The summed E-state index contributed by atoms with van der Waals surface area (Å²) in [5, 5.41) is 6.41. The SMILES string of the molecule is CCNC1CCCC(NC(=O)OC(C)(C)C)C1. The summed E-state index contributed by atoms with van der Waals surface area (Å²) in [6.45, 7) is 8.76. The molecule has 0 aliphatic heterocycles. The maximum absolute atomic E-state index is 11.6. The summed E-state index contributed by atoms with van der Waals surface area (Å²) in [7, 11) is 0. The van der Waals surface area contributed by atoms with Crippen molar-refractivity contribution in [2.24, 2.45) is 0 Å². The van der Waals surface area contributed by atoms with Gasteiger partial charge in [-0.2, -0.15) is 0 Å². The van der Waals surface area contributed by atoms with Gasteiger partial charge in [-0.15, -0.1) is 0 Å². The first kappa shape index (κ1) is 14.3. The largest absolute Gasteiger partial charge is 0.444 e. The number of carbonyl (C=O) groups excluding carboxylic acids is 1. The highest BCUT2D eigenvalue weighted by Crippen LogP contribution is 2.19. The minimum Gasteiger partial charge on any atom is -0.444 e. The quantitative estimate of drug-likeness (QED) is 0.799. The molecule has 1 amide bonds. The minimum atomic E-state index is -0.417. The fourth-order valence-corrected chi connectivity index (χ4v) is 2.27. The van der Waals surface area contributed by atoms with Crippen LogP contribution in [0, 0.1) is 0 Å². The first-order valence-corrected chi connectivity index (χ1v) is 6.63. The van der Waals surface area contributed by atoms with Crippen LogP contribution in [0.15, 0.2) is 0 Å². The normalized spacial score (nSPS) is 25.4. The second-order valence-corrected chi connectivity index (χ2v) is 5.76. The van der Waals surface area contributed by atoms with E-state index in [-0.39, 0.29) is 12.1 Å². The van der Waals surface area contributed by atoms with Crippen molar-refractivity contribution >= 4 is 6.09 Å². The van der Waals surface area contributed by atoms with Crippen molar-refractivity contribution in [2.75, 3.05) is 6.54 Å². The lowest BCUT2D eigenvalue weighted by Crippen LogP contribution is -2.45. The smallest absolute Gasteiger partial charge is 0.407 e. The molecule has 0 radical (unpaired) electrons. The van der Waals surface area contributed by atoms with E-state index in [4.69, 9.17) is 4.74 Å². The molecule has 100 valence electrons. The van der Waals surface area contributed by atoms with Crippen LogP contribution in [0.3, 0.4) is 0 Å². The molecule has 2 atom stereocenters. The first-order chi connectivity index (χ1) is 7.90. The molecule has 1 saturated carbocycles. The van der Waals surface area contributed by atoms with Crippen LogP contribution >= 0.6 is 0 Å². The molecule has 1 aliphatic rings. The minimum absolute atomic E-state index is 0.252. The van der Waals surface area contributed by atoms with Gasteiger partial charge < -0.3 is 15.4 Å². The molecule has 0 aromatic rings. The maximum atomic E-state index is 11.6. The third kappa shape index (κ3) is 5.91. The zero-order valence-corrected chi connectivity index (χ0v) is 11.5. The highest BCUT2D eigenvalue weighted by atomic mass is 16.6. The molecule has 0 heterocycles. The van der Waals surface area contributed by atoms with Crippen LogP contribution in [0.5, 0.6) is 0 Å². The summed E-state index contributed by atoms with van der Waals surface area (Å²) < 4.78 is 5.27. The number of alkyl carbamates (subject to hydrolysis) is 1. The van der Waals surface area contributed by atoms with Crippen LogP contribution in [0.2, 0.25) is 0 Å². The van der Waals surface area contributed by atoms with Crippen molar-refractivity contribution in [3.05, 3.63) is 0 Å². The average Bonchev–Trinajstić information content (AvgIpc) is 2.15. The van der Waals surface area contributed by atoms with Gasteiger partial charge in [0.15, 0.2) is 0 Å². The molecule has 1 rings (SSSR count). The molecular weight excluding hydrogens is 216 g/mol. The lowest BCUT2D eigenvalue weighted by molar-refractivity contribution is 0.0489. The Bertz CT molecular complexity index is 246. The van der Waals surface area contributed by atoms with Crippen molar-refractivity contribution in [2.45, 2.75) is 71.1 Å². The van der Waals surface area contributed by atoms with Crippen LogP contribution in [0.1, 0.15) is 53.4 Å². The molecule has 2 N–H and O–H groups in total. The van der Waals surface area contributed by atoms with Crippen LogP contribution < -0.4 is 10.6 Å². The Balaban J connectivity index is 2.33. The summed E-state index contributed by atoms with van der Waals surface area (Å²) in [5.41, 5.74) is -0.417. The molecule has 1 fully saturated rings. The molecular formula is C13H26N2O2. The molecule has 0 saturated heterocycles. The lowest BCUT2D eigenvalue weighted by Gasteiger charge is -2.31. The van der Waals surface area contributed by atoms with E-state index >= 15 is 0 Å². The Morgan fingerprint density at radius 1 is 1.29 bits per heavy atom. The van der Waals surface area contributed by atoms with Gasteiger partial charge in [0.1, 0.15) is 5.60 Å². The van der Waals surface area contributed by atoms with Crippen LogP contribution in [-0.4, -0.2) is 30.3 Å². The molecule has 0 spiro atoms. The number of hydrogen-bond donors (Lipinski definition) is 2. The van der Waals surface area contributed by atoms with E-state index in [9.17, 15) is 4.79 Å². The number of rotatable bonds is 3. The predicted molar refractivity (Wildman–Crippen MR) is 69.1 cm³/mol. The van der Waals surface area contributed by atoms with E-state index in [1.165, 1.54) is 6.42 Å². The van der Waals surface area contributed by atoms with Gasteiger partial charge in [0.05, 0.1) is 0 Å². The molecule has 4 nitrogen and oxygen atoms in total. The van der Waals surface area contributed by atoms with Crippen molar-refractivity contribution in [1.82, 2.24) is 10.6 Å². The summed E-state index contributed by atoms with van der Waals surface area (Å²) >= 11 is 0. The summed E-state index contributed by atoms with van der Waals surface area (Å²) in [6.07, 6.45) is 4.15. The van der Waals surface area contributed by atoms with E-state index in [1.54, 1.807) is 0 Å². The van der Waals surface area contributed by atoms with Crippen LogP contribution in [0.25, 0.3) is 0 Å². The molecule has 1 aliphatic carbocycles. The van der Waals surface area contributed by atoms with E-state index in [2.05, 4.69) is 17.6 Å². The van der Waals surface area contributed by atoms with Gasteiger partial charge in [-0.05, 0) is 53.0 Å². The summed E-state index contributed by atoms with van der Waals surface area (Å²) in [5.74, 6) is 0. The molecule has 0 aromatic heterocycles. The van der Waals surface area contributed by atoms with Gasteiger partial charge >= 0.3 is 6.09 Å². The highest BCUT2D eigenvalue weighted by molar-refractivity contribution is 5.68. The maximum Gasteiger partial charge on any atom is 0.407 e. The van der Waals surface area contributed by atoms with Crippen LogP contribution in [0.4, 0.5) is 4.79 Å². The van der Waals surface area contributed by atoms with Crippen LogP contribution in [-0.2, 0) is 4.74 Å². The van der Waals surface area contributed by atoms with Crippen molar-refractivity contribution in [3.8, 4) is 0 Å². The van der Waals surface area contributed by atoms with E-state index in [0.29, 0.717) is 6.04 Å². The highest BCUT2D eigenvalue weighted by Gasteiger charge is 2.24. The number of nitrogens with one attached hydrogen (secondary N) is 2. The Morgan fingerprint density at radius 3 is 2.53 bits per heavy atom. The number of amides is 1. The number of carbonyl (C=O) groups is 1. The van der Waals surface area contributed by atoms with E-state index in [1.807, 2.05) is 20.8 Å². The standard InChI is InChI=1S/C13H26N2O2/c1-5-14-10-7-6-8-11(9-10)15-12(16)17-13(2,3)4/h10-11,14H,5-9H2,1-4H3,(H,15,16). The first-order valence-electron chi connectivity index (χ1n) is 6.63. The predicted octanol–water partition coefficient (Wildman–Crippen LogP) is 2.43. The summed E-state index contributed by atoms with van der Waals surface area (Å²) in [6, 6.07) is 0.788. The van der Waals surface area contributed by atoms with Gasteiger partial charge in [-0.3, -0.25) is 0 Å². The third-order valence-electron chi connectivity index (χ3n) is 2.89. The Hall–Kier alpha value is -0.770. The molecule has 0 aromatic carbocycles. The Kier molecular flexibility index (Phi) is 5.25. The number of ether oxygens (including phenoxy) is 1. The van der Waals surface area contributed by atoms with Crippen molar-refractivity contribution in [3.63, 3.8) is 0 Å². The van der Waals surface area contributed by atoms with Gasteiger partial charge in [-0.1, -0.05) is 6.92 Å². The number of hydrogen-bond acceptors (Lipinski definition) is 3. The zero-order chi connectivity index (χ0) is 12.9. The molecule has 17 heavy (non-hydrogen) atoms. The topological polar surface area (TPSA) is 50.4 Å². The third-order valence-corrected chi connectivity index (χ3v) is 2.89. The second-order valence-electron chi connectivity index (χ2n) is 5.76. The van der Waals surface area contributed by atoms with Crippen molar-refractivity contribution in [1.29, 1.82) is 0 Å². The fourth-order valence-electron chi connectivity index (χ4n) is 2.27. The second kappa shape index (κ2) is 6.24. The monoisotopic (exact) mass is 242 g/mol. The average molecular weight is 242 g/mol. The zero-order valence-electron chi connectivity index (χ0n) is 11.5. The van der Waals surface area contributed by atoms with Gasteiger partial charge in [-0.25, -0.2) is 4.79 Å². The van der Waals surface area contributed by atoms with E-state index < -0.39 is 5.60 Å².